The van der Waals surface area contributed by atoms with Crippen molar-refractivity contribution in [3.63, 3.8) is 0 Å². The summed E-state index contributed by atoms with van der Waals surface area (Å²) in [5, 5.41) is 0.181. The smallest absolute Gasteiger partial charge is 0.294 e. The standard InChI is InChI=1S/C12H15NO3S/c1-11(2)7-3-4-12(11)8(5-7)16-10(17)13(12)9(15)6-14/h6-8H,3-5H2,1-2H3/t7-,8-,12+/m1/s1. The maximum atomic E-state index is 11.8. The molecule has 3 rings (SSSR count). The van der Waals surface area contributed by atoms with Gasteiger partial charge >= 0.3 is 0 Å². The van der Waals surface area contributed by atoms with Crippen LogP contribution in [0.3, 0.4) is 0 Å². The van der Waals surface area contributed by atoms with Crippen molar-refractivity contribution in [2.24, 2.45) is 11.3 Å². The van der Waals surface area contributed by atoms with Crippen LogP contribution in [0.15, 0.2) is 0 Å². The lowest BCUT2D eigenvalue weighted by molar-refractivity contribution is -0.140. The largest absolute Gasteiger partial charge is 0.465 e. The second-order valence-electron chi connectivity index (χ2n) is 5.78. The van der Waals surface area contributed by atoms with Crippen LogP contribution in [-0.4, -0.2) is 33.9 Å². The zero-order valence-electron chi connectivity index (χ0n) is 9.93. The summed E-state index contributed by atoms with van der Waals surface area (Å²) in [6.07, 6.45) is 3.23. The number of thiocarbonyl (C=S) groups is 1. The van der Waals surface area contributed by atoms with Gasteiger partial charge in [-0.2, -0.15) is 0 Å². The van der Waals surface area contributed by atoms with Gasteiger partial charge in [-0.05, 0) is 42.8 Å². The van der Waals surface area contributed by atoms with Crippen molar-refractivity contribution < 1.29 is 14.3 Å². The van der Waals surface area contributed by atoms with Crippen molar-refractivity contribution in [2.75, 3.05) is 0 Å². The molecule has 2 aliphatic carbocycles. The Morgan fingerprint density at radius 2 is 2.29 bits per heavy atom. The Morgan fingerprint density at radius 3 is 2.88 bits per heavy atom. The molecular formula is C12H15NO3S. The lowest BCUT2D eigenvalue weighted by Crippen LogP contribution is -2.57. The van der Waals surface area contributed by atoms with Crippen molar-refractivity contribution >= 4 is 29.6 Å². The molecule has 92 valence electrons. The highest BCUT2D eigenvalue weighted by Crippen LogP contribution is 2.65. The van der Waals surface area contributed by atoms with Crippen LogP contribution < -0.4 is 0 Å². The predicted molar refractivity (Wildman–Crippen MR) is 64.2 cm³/mol. The number of amides is 1. The highest BCUT2D eigenvalue weighted by molar-refractivity contribution is 7.80. The maximum Gasteiger partial charge on any atom is 0.294 e. The van der Waals surface area contributed by atoms with Crippen LogP contribution in [0.2, 0.25) is 0 Å². The minimum absolute atomic E-state index is 0.0207. The molecule has 0 radical (unpaired) electrons. The van der Waals surface area contributed by atoms with Crippen molar-refractivity contribution in [2.45, 2.75) is 44.8 Å². The number of rotatable bonds is 1. The molecule has 0 aromatic heterocycles. The van der Waals surface area contributed by atoms with E-state index in [9.17, 15) is 9.59 Å². The van der Waals surface area contributed by atoms with Crippen LogP contribution >= 0.6 is 12.2 Å². The van der Waals surface area contributed by atoms with Gasteiger partial charge in [0, 0.05) is 0 Å². The van der Waals surface area contributed by atoms with E-state index in [0.717, 1.165) is 19.3 Å². The molecule has 0 unspecified atom stereocenters. The van der Waals surface area contributed by atoms with E-state index in [1.54, 1.807) is 0 Å². The SMILES string of the molecule is CC1(C)[C@@H]2CC[C@]13[C@@H](C2)OC(=S)N3C(=O)C=O. The average molecular weight is 253 g/mol. The van der Waals surface area contributed by atoms with Gasteiger partial charge in [0.25, 0.3) is 11.1 Å². The molecule has 3 aliphatic rings. The number of carbonyl (C=O) groups is 2. The van der Waals surface area contributed by atoms with Crippen molar-refractivity contribution in [3.8, 4) is 0 Å². The van der Waals surface area contributed by atoms with E-state index in [1.165, 1.54) is 4.90 Å². The number of fused-ring (bicyclic) bond motifs is 1. The van der Waals surface area contributed by atoms with Crippen molar-refractivity contribution in [3.05, 3.63) is 0 Å². The van der Waals surface area contributed by atoms with Gasteiger partial charge in [0.1, 0.15) is 6.10 Å². The van der Waals surface area contributed by atoms with Crippen LogP contribution in [0.25, 0.3) is 0 Å². The Kier molecular flexibility index (Phi) is 2.01. The summed E-state index contributed by atoms with van der Waals surface area (Å²) >= 11 is 5.12. The fourth-order valence-corrected chi connectivity index (χ4v) is 4.61. The molecule has 17 heavy (non-hydrogen) atoms. The molecular weight excluding hydrogens is 238 g/mol. The molecule has 1 saturated heterocycles. The summed E-state index contributed by atoms with van der Waals surface area (Å²) < 4.78 is 5.66. The van der Waals surface area contributed by atoms with Crippen LogP contribution in [0.5, 0.6) is 0 Å². The third kappa shape index (κ3) is 1.02. The van der Waals surface area contributed by atoms with Gasteiger partial charge in [-0.15, -0.1) is 0 Å². The van der Waals surface area contributed by atoms with Crippen molar-refractivity contribution in [1.29, 1.82) is 0 Å². The summed E-state index contributed by atoms with van der Waals surface area (Å²) in [6.45, 7) is 4.32. The fraction of sp³-hybridized carbons (Fsp3) is 0.750. The van der Waals surface area contributed by atoms with E-state index < -0.39 is 5.91 Å². The van der Waals surface area contributed by atoms with Crippen molar-refractivity contribution in [1.82, 2.24) is 4.90 Å². The number of nitrogens with zero attached hydrogens (tertiary/aromatic N) is 1. The van der Waals surface area contributed by atoms with Gasteiger partial charge in [0.15, 0.2) is 0 Å². The monoisotopic (exact) mass is 253 g/mol. The number of ether oxygens (including phenoxy) is 1. The minimum atomic E-state index is -0.562. The van der Waals surface area contributed by atoms with E-state index in [-0.39, 0.29) is 22.2 Å². The summed E-state index contributed by atoms with van der Waals surface area (Å²) in [6, 6.07) is 0. The maximum absolute atomic E-state index is 11.8. The molecule has 2 bridgehead atoms. The van der Waals surface area contributed by atoms with E-state index in [4.69, 9.17) is 17.0 Å². The zero-order valence-corrected chi connectivity index (χ0v) is 10.8. The molecule has 4 nitrogen and oxygen atoms in total. The molecule has 1 aliphatic heterocycles. The summed E-state index contributed by atoms with van der Waals surface area (Å²) in [5.41, 5.74) is -0.413. The summed E-state index contributed by atoms with van der Waals surface area (Å²) in [7, 11) is 0. The van der Waals surface area contributed by atoms with E-state index in [1.807, 2.05) is 0 Å². The number of hydrogen-bond donors (Lipinski definition) is 0. The fourth-order valence-electron chi connectivity index (χ4n) is 4.24. The number of aldehydes is 1. The van der Waals surface area contributed by atoms with Gasteiger partial charge < -0.3 is 4.74 Å². The molecule has 0 N–H and O–H groups in total. The molecule has 3 atom stereocenters. The zero-order chi connectivity index (χ0) is 12.4. The highest BCUT2D eigenvalue weighted by Gasteiger charge is 2.72. The Labute approximate surface area is 105 Å². The Morgan fingerprint density at radius 1 is 1.59 bits per heavy atom. The number of hydrogen-bond acceptors (Lipinski definition) is 4. The Bertz CT molecular complexity index is 433. The quantitative estimate of drug-likeness (QED) is 0.401. The highest BCUT2D eigenvalue weighted by atomic mass is 32.1. The second-order valence-corrected chi connectivity index (χ2v) is 6.13. The molecule has 0 aromatic rings. The lowest BCUT2D eigenvalue weighted by Gasteiger charge is -2.41. The molecule has 3 fully saturated rings. The summed E-state index contributed by atoms with van der Waals surface area (Å²) in [5.74, 6) is -0.00863. The Balaban J connectivity index is 2.13. The van der Waals surface area contributed by atoms with Gasteiger partial charge in [-0.3, -0.25) is 14.5 Å². The van der Waals surface area contributed by atoms with Crippen LogP contribution in [0.1, 0.15) is 33.1 Å². The topological polar surface area (TPSA) is 46.6 Å². The van der Waals surface area contributed by atoms with Gasteiger partial charge in [-0.1, -0.05) is 13.8 Å². The third-order valence-electron chi connectivity index (χ3n) is 5.19. The normalized spacial score (nSPS) is 41.3. The first-order valence-corrected chi connectivity index (χ1v) is 6.36. The first-order chi connectivity index (χ1) is 7.95. The average Bonchev–Trinajstić information content (AvgIpc) is 2.78. The van der Waals surface area contributed by atoms with Gasteiger partial charge in [0.05, 0.1) is 5.54 Å². The van der Waals surface area contributed by atoms with E-state index in [0.29, 0.717) is 12.2 Å². The lowest BCUT2D eigenvalue weighted by atomic mass is 9.74. The molecule has 0 aromatic carbocycles. The second kappa shape index (κ2) is 3.07. The summed E-state index contributed by atoms with van der Waals surface area (Å²) in [4.78, 5) is 24.1. The number of carbonyl (C=O) groups excluding carboxylic acids is 2. The molecule has 1 heterocycles. The van der Waals surface area contributed by atoms with Crippen LogP contribution in [0, 0.1) is 11.3 Å². The third-order valence-corrected chi connectivity index (χ3v) is 5.47. The first kappa shape index (κ1) is 11.1. The van der Waals surface area contributed by atoms with Gasteiger partial charge in [-0.25, -0.2) is 0 Å². The Hall–Kier alpha value is -0.970. The molecule has 5 heteroatoms. The molecule has 2 saturated carbocycles. The minimum Gasteiger partial charge on any atom is -0.465 e. The van der Waals surface area contributed by atoms with E-state index >= 15 is 0 Å². The molecule has 1 amide bonds. The molecule has 1 spiro atoms. The van der Waals surface area contributed by atoms with Gasteiger partial charge in [0.2, 0.25) is 6.29 Å². The predicted octanol–water partition coefficient (Wildman–Crippen LogP) is 1.28. The first-order valence-electron chi connectivity index (χ1n) is 5.95. The van der Waals surface area contributed by atoms with Crippen LogP contribution in [-0.2, 0) is 14.3 Å². The van der Waals surface area contributed by atoms with E-state index in [2.05, 4.69) is 13.8 Å². The van der Waals surface area contributed by atoms with Crippen LogP contribution in [0.4, 0.5) is 0 Å².